The van der Waals surface area contributed by atoms with E-state index in [1.807, 2.05) is 25.1 Å². The van der Waals surface area contributed by atoms with Crippen LogP contribution in [0.3, 0.4) is 0 Å². The zero-order chi connectivity index (χ0) is 26.7. The van der Waals surface area contributed by atoms with Crippen LogP contribution in [0, 0.1) is 5.41 Å². The van der Waals surface area contributed by atoms with Crippen LogP contribution in [-0.2, 0) is 20.9 Å². The Hall–Kier alpha value is -4.14. The van der Waals surface area contributed by atoms with Gasteiger partial charge in [0, 0.05) is 37.8 Å². The number of carbonyl (C=O) groups excluding carboxylic acids is 3. The topological polar surface area (TPSA) is 101 Å². The van der Waals surface area contributed by atoms with Crippen molar-refractivity contribution in [2.75, 3.05) is 36.5 Å². The van der Waals surface area contributed by atoms with Crippen molar-refractivity contribution in [1.29, 1.82) is 0 Å². The van der Waals surface area contributed by atoms with E-state index in [9.17, 15) is 19.2 Å². The van der Waals surface area contributed by atoms with Crippen LogP contribution in [0.4, 0.5) is 11.4 Å². The quantitative estimate of drug-likeness (QED) is 0.376. The number of amides is 3. The minimum atomic E-state index is -1.17. The smallest absolute Gasteiger partial charge is 0.258 e. The predicted octanol–water partition coefficient (Wildman–Crippen LogP) is 2.94. The lowest BCUT2D eigenvalue weighted by molar-refractivity contribution is -0.137. The lowest BCUT2D eigenvalue weighted by Gasteiger charge is -2.27. The summed E-state index contributed by atoms with van der Waals surface area (Å²) in [6, 6.07) is 14.4. The van der Waals surface area contributed by atoms with Gasteiger partial charge in [-0.1, -0.05) is 18.2 Å². The normalized spacial score (nSPS) is 14.9. The lowest BCUT2D eigenvalue weighted by Crippen LogP contribution is -2.47. The minimum Gasteiger partial charge on any atom is -0.493 e. The van der Waals surface area contributed by atoms with Crippen molar-refractivity contribution < 1.29 is 19.1 Å². The number of hydrogen-bond acceptors (Lipinski definition) is 5. The molecule has 2 heterocycles. The van der Waals surface area contributed by atoms with E-state index in [0.29, 0.717) is 48.6 Å². The summed E-state index contributed by atoms with van der Waals surface area (Å²) in [5, 5.41) is 4.23. The Morgan fingerprint density at radius 2 is 1.76 bits per heavy atom. The van der Waals surface area contributed by atoms with E-state index >= 15 is 0 Å². The molecule has 4 rings (SSSR count). The minimum absolute atomic E-state index is 0.0568. The second-order valence-electron chi connectivity index (χ2n) is 9.58. The highest BCUT2D eigenvalue weighted by Gasteiger charge is 2.45. The van der Waals surface area contributed by atoms with Gasteiger partial charge in [-0.3, -0.25) is 19.2 Å². The van der Waals surface area contributed by atoms with E-state index in [0.717, 1.165) is 5.39 Å². The van der Waals surface area contributed by atoms with E-state index < -0.39 is 5.41 Å². The van der Waals surface area contributed by atoms with E-state index in [4.69, 9.17) is 4.74 Å². The Labute approximate surface area is 215 Å². The van der Waals surface area contributed by atoms with Gasteiger partial charge in [-0.15, -0.1) is 0 Å². The van der Waals surface area contributed by atoms with Gasteiger partial charge in [-0.05, 0) is 56.8 Å². The molecular formula is C28H32N4O5. The monoisotopic (exact) mass is 504 g/mol. The number of pyridine rings is 1. The Bertz CT molecular complexity index is 1410. The van der Waals surface area contributed by atoms with Crippen LogP contribution in [0.15, 0.2) is 59.5 Å². The molecule has 3 aromatic rings. The van der Waals surface area contributed by atoms with Crippen LogP contribution in [0.25, 0.3) is 10.8 Å². The van der Waals surface area contributed by atoms with Crippen LogP contribution in [0.5, 0.6) is 5.75 Å². The van der Waals surface area contributed by atoms with Crippen LogP contribution in [0.1, 0.15) is 27.2 Å². The van der Waals surface area contributed by atoms with Crippen LogP contribution < -0.4 is 25.4 Å². The van der Waals surface area contributed by atoms with Gasteiger partial charge < -0.3 is 24.4 Å². The molecule has 37 heavy (non-hydrogen) atoms. The molecule has 0 radical (unpaired) electrons. The molecule has 0 spiro atoms. The van der Waals surface area contributed by atoms with Gasteiger partial charge in [-0.2, -0.15) is 0 Å². The maximum absolute atomic E-state index is 13.0. The van der Waals surface area contributed by atoms with Crippen molar-refractivity contribution in [2.24, 2.45) is 5.41 Å². The zero-order valence-corrected chi connectivity index (χ0v) is 21.6. The molecule has 0 unspecified atom stereocenters. The summed E-state index contributed by atoms with van der Waals surface area (Å²) in [5.74, 6) is -0.203. The van der Waals surface area contributed by atoms with Gasteiger partial charge >= 0.3 is 0 Å². The molecule has 9 heteroatoms. The van der Waals surface area contributed by atoms with Crippen molar-refractivity contribution in [3.63, 3.8) is 0 Å². The number of hydrogen-bond donors (Lipinski definition) is 1. The van der Waals surface area contributed by atoms with Crippen molar-refractivity contribution >= 4 is 39.9 Å². The molecular weight excluding hydrogens is 472 g/mol. The highest BCUT2D eigenvalue weighted by atomic mass is 16.5. The highest BCUT2D eigenvalue weighted by Crippen LogP contribution is 2.40. The third-order valence-electron chi connectivity index (χ3n) is 6.65. The molecule has 0 fully saturated rings. The van der Waals surface area contributed by atoms with Crippen LogP contribution in [-0.4, -0.2) is 49.0 Å². The predicted molar refractivity (Wildman–Crippen MR) is 143 cm³/mol. The molecule has 2 aromatic carbocycles. The van der Waals surface area contributed by atoms with Gasteiger partial charge in [0.05, 0.1) is 18.0 Å². The molecule has 0 bridgehead atoms. The summed E-state index contributed by atoms with van der Waals surface area (Å²) in [7, 11) is 1.66. The Morgan fingerprint density at radius 3 is 2.51 bits per heavy atom. The fraction of sp³-hybridized carbons (Fsp3) is 0.357. The molecule has 1 aromatic heterocycles. The average molecular weight is 505 g/mol. The maximum Gasteiger partial charge on any atom is 0.258 e. The first-order valence-corrected chi connectivity index (χ1v) is 12.4. The number of rotatable bonds is 8. The van der Waals surface area contributed by atoms with Gasteiger partial charge in [0.25, 0.3) is 5.56 Å². The summed E-state index contributed by atoms with van der Waals surface area (Å²) in [5.41, 5.74) is -0.0918. The number of ether oxygens (including phenoxy) is 1. The zero-order valence-electron chi connectivity index (χ0n) is 21.6. The van der Waals surface area contributed by atoms with Crippen molar-refractivity contribution in [1.82, 2.24) is 9.88 Å². The number of nitrogens with one attached hydrogen (secondary N) is 1. The number of anilines is 2. The Kier molecular flexibility index (Phi) is 7.33. The summed E-state index contributed by atoms with van der Waals surface area (Å²) < 4.78 is 7.26. The van der Waals surface area contributed by atoms with E-state index in [1.165, 1.54) is 9.47 Å². The first-order chi connectivity index (χ1) is 17.6. The molecule has 0 saturated carbocycles. The highest BCUT2D eigenvalue weighted by molar-refractivity contribution is 6.20. The number of aromatic nitrogens is 1. The van der Waals surface area contributed by atoms with E-state index in [1.54, 1.807) is 62.3 Å². The van der Waals surface area contributed by atoms with Crippen molar-refractivity contribution in [3.05, 3.63) is 65.1 Å². The second-order valence-corrected chi connectivity index (χ2v) is 9.58. The largest absolute Gasteiger partial charge is 0.493 e. The molecule has 1 N–H and O–H groups in total. The summed E-state index contributed by atoms with van der Waals surface area (Å²) in [6.45, 7) is 6.28. The fourth-order valence-electron chi connectivity index (χ4n) is 4.53. The van der Waals surface area contributed by atoms with Crippen LogP contribution in [0.2, 0.25) is 0 Å². The summed E-state index contributed by atoms with van der Waals surface area (Å²) in [6.07, 6.45) is 2.18. The van der Waals surface area contributed by atoms with Crippen molar-refractivity contribution in [2.45, 2.75) is 33.7 Å². The number of carbonyl (C=O) groups is 3. The lowest BCUT2D eigenvalue weighted by atomic mass is 9.90. The van der Waals surface area contributed by atoms with Gasteiger partial charge in [-0.25, -0.2) is 0 Å². The number of benzene rings is 2. The first kappa shape index (κ1) is 25.9. The number of nitrogens with zero attached hydrogens (tertiary/aromatic N) is 3. The molecule has 9 nitrogen and oxygen atoms in total. The Balaban J connectivity index is 1.33. The van der Waals surface area contributed by atoms with E-state index in [-0.39, 0.29) is 29.8 Å². The maximum atomic E-state index is 13.0. The van der Waals surface area contributed by atoms with Gasteiger partial charge in [0.1, 0.15) is 17.7 Å². The van der Waals surface area contributed by atoms with Gasteiger partial charge in [0.15, 0.2) is 0 Å². The molecule has 194 valence electrons. The van der Waals surface area contributed by atoms with Crippen LogP contribution >= 0.6 is 0 Å². The standard InChI is InChI=1S/C28H32N4O5/c1-5-32-22-12-11-20(17-23(22)30(4)26(35)28(2,3)27(32)36)37-16-8-14-29-24(33)18-31-15-13-19-9-6-7-10-21(19)25(31)34/h6-7,9-13,15,17H,5,8,14,16,18H2,1-4H3,(H,29,33). The molecule has 3 amide bonds. The van der Waals surface area contributed by atoms with E-state index in [2.05, 4.69) is 5.32 Å². The van der Waals surface area contributed by atoms with Crippen molar-refractivity contribution in [3.8, 4) is 5.75 Å². The second kappa shape index (κ2) is 10.5. The molecule has 0 aliphatic carbocycles. The fourth-order valence-corrected chi connectivity index (χ4v) is 4.53. The molecule has 0 atom stereocenters. The molecule has 1 aliphatic rings. The summed E-state index contributed by atoms with van der Waals surface area (Å²) in [4.78, 5) is 54.0. The third-order valence-corrected chi connectivity index (χ3v) is 6.65. The summed E-state index contributed by atoms with van der Waals surface area (Å²) >= 11 is 0. The first-order valence-electron chi connectivity index (χ1n) is 12.4. The number of fused-ring (bicyclic) bond motifs is 2. The SMILES string of the molecule is CCN1C(=O)C(C)(C)C(=O)N(C)c2cc(OCCCNC(=O)Cn3ccc4ccccc4c3=O)ccc21. The third kappa shape index (κ3) is 5.07. The molecule has 1 aliphatic heterocycles. The average Bonchev–Trinajstić information content (AvgIpc) is 2.94. The van der Waals surface area contributed by atoms with Gasteiger partial charge in [0.2, 0.25) is 17.7 Å². The molecule has 0 saturated heterocycles. The Morgan fingerprint density at radius 1 is 1.00 bits per heavy atom.